The minimum absolute atomic E-state index is 0.111. The Morgan fingerprint density at radius 3 is 1.83 bits per heavy atom. The third-order valence-electron chi connectivity index (χ3n) is 10.0. The highest BCUT2D eigenvalue weighted by Gasteiger charge is 2.69. The van der Waals surface area contributed by atoms with Crippen LogP contribution in [-0.2, 0) is 9.53 Å². The molecule has 3 atom stereocenters. The highest BCUT2D eigenvalue weighted by Crippen LogP contribution is 2.71. The van der Waals surface area contributed by atoms with Gasteiger partial charge in [-0.25, -0.2) is 0 Å². The molecule has 134 valence electrons. The molecular weight excluding hydrogens is 296 g/mol. The van der Waals surface area contributed by atoms with Crippen molar-refractivity contribution in [1.82, 2.24) is 0 Å². The van der Waals surface area contributed by atoms with E-state index in [0.717, 1.165) is 49.4 Å². The first-order valence-corrected chi connectivity index (χ1v) is 10.4. The molecule has 6 bridgehead atoms. The van der Waals surface area contributed by atoms with Crippen molar-refractivity contribution in [2.75, 3.05) is 0 Å². The molecule has 0 aliphatic heterocycles. The molecule has 0 aromatic heterocycles. The number of fused-ring (bicyclic) bond motifs is 2. The van der Waals surface area contributed by atoms with Crippen molar-refractivity contribution in [3.8, 4) is 0 Å². The third-order valence-corrected chi connectivity index (χ3v) is 10.0. The monoisotopic (exact) mass is 330 g/mol. The summed E-state index contributed by atoms with van der Waals surface area (Å²) >= 11 is 0. The molecule has 0 aromatic carbocycles. The van der Waals surface area contributed by atoms with Gasteiger partial charge in [0.25, 0.3) is 0 Å². The molecule has 0 spiro atoms. The van der Waals surface area contributed by atoms with Gasteiger partial charge in [0.15, 0.2) is 0 Å². The van der Waals surface area contributed by atoms with Crippen LogP contribution in [0.3, 0.4) is 0 Å². The molecule has 0 saturated heterocycles. The molecule has 0 unspecified atom stereocenters. The Hall–Kier alpha value is -0.530. The molecule has 0 radical (unpaired) electrons. The maximum absolute atomic E-state index is 13.5. The summed E-state index contributed by atoms with van der Waals surface area (Å²) in [6.45, 7) is 9.47. The van der Waals surface area contributed by atoms with E-state index in [4.69, 9.17) is 4.74 Å². The Kier molecular flexibility index (Phi) is 2.88. The second-order valence-electron chi connectivity index (χ2n) is 11.3. The second kappa shape index (κ2) is 4.41. The number of rotatable bonds is 2. The van der Waals surface area contributed by atoms with Crippen LogP contribution < -0.4 is 0 Å². The highest BCUT2D eigenvalue weighted by atomic mass is 16.6. The van der Waals surface area contributed by atoms with Gasteiger partial charge in [-0.05, 0) is 93.8 Å². The van der Waals surface area contributed by atoms with Gasteiger partial charge in [-0.3, -0.25) is 4.79 Å². The first-order chi connectivity index (χ1) is 11.2. The quantitative estimate of drug-likeness (QED) is 0.638. The first-order valence-electron chi connectivity index (χ1n) is 10.4. The van der Waals surface area contributed by atoms with Gasteiger partial charge >= 0.3 is 5.97 Å². The first kappa shape index (κ1) is 15.7. The van der Waals surface area contributed by atoms with Crippen molar-refractivity contribution in [2.24, 2.45) is 39.9 Å². The molecule has 24 heavy (non-hydrogen) atoms. The van der Waals surface area contributed by atoms with E-state index < -0.39 is 0 Å². The van der Waals surface area contributed by atoms with Gasteiger partial charge in [0, 0.05) is 5.41 Å². The molecule has 6 saturated carbocycles. The van der Waals surface area contributed by atoms with E-state index in [2.05, 4.69) is 27.7 Å². The Labute approximate surface area is 147 Å². The van der Waals surface area contributed by atoms with Crippen molar-refractivity contribution >= 4 is 5.97 Å². The predicted octanol–water partition coefficient (Wildman–Crippen LogP) is 5.35. The molecule has 2 nitrogen and oxygen atoms in total. The Balaban J connectivity index is 1.42. The van der Waals surface area contributed by atoms with Crippen LogP contribution >= 0.6 is 0 Å². The second-order valence-corrected chi connectivity index (χ2v) is 11.3. The summed E-state index contributed by atoms with van der Waals surface area (Å²) < 4.78 is 6.52. The zero-order chi connectivity index (χ0) is 17.0. The van der Waals surface area contributed by atoms with E-state index >= 15 is 0 Å². The van der Waals surface area contributed by atoms with E-state index in [-0.39, 0.29) is 22.4 Å². The number of carbonyl (C=O) groups is 1. The largest absolute Gasteiger partial charge is 0.458 e. The van der Waals surface area contributed by atoms with Crippen molar-refractivity contribution in [3.05, 3.63) is 0 Å². The molecule has 0 amide bonds. The molecular formula is C22H34O2. The van der Waals surface area contributed by atoms with Gasteiger partial charge in [-0.15, -0.1) is 0 Å². The maximum atomic E-state index is 13.5. The van der Waals surface area contributed by atoms with Crippen LogP contribution in [0.5, 0.6) is 0 Å². The van der Waals surface area contributed by atoms with E-state index in [1.54, 1.807) is 0 Å². The smallest absolute Gasteiger partial charge is 0.312 e. The molecule has 2 heteroatoms. The van der Waals surface area contributed by atoms with Gasteiger partial charge in [-0.2, -0.15) is 0 Å². The van der Waals surface area contributed by atoms with Crippen LogP contribution in [0.25, 0.3) is 0 Å². The lowest BCUT2D eigenvalue weighted by Crippen LogP contribution is -2.55. The van der Waals surface area contributed by atoms with Crippen LogP contribution in [0.2, 0.25) is 0 Å². The third kappa shape index (κ3) is 1.71. The topological polar surface area (TPSA) is 26.3 Å². The van der Waals surface area contributed by atoms with Gasteiger partial charge in [-0.1, -0.05) is 20.8 Å². The van der Waals surface area contributed by atoms with Crippen molar-refractivity contribution in [3.63, 3.8) is 0 Å². The summed E-state index contributed by atoms with van der Waals surface area (Å²) in [7, 11) is 0. The van der Waals surface area contributed by atoms with Crippen molar-refractivity contribution < 1.29 is 9.53 Å². The predicted molar refractivity (Wildman–Crippen MR) is 94.3 cm³/mol. The summed E-state index contributed by atoms with van der Waals surface area (Å²) in [5.41, 5.74) is 0.0754. The fourth-order valence-corrected chi connectivity index (χ4v) is 8.42. The standard InChI is InChI=1S/C22H34O2/c1-19(2)17-5-6-20(19,3)21(4,13-17)24-18(23)22-10-14-7-15(11-22)9-16(8-14)12-22/h14-17H,5-13H2,1-4H3/t14?,15?,16?,17-,20+,21-,22?/m1/s1. The molecule has 6 aliphatic rings. The van der Waals surface area contributed by atoms with Crippen molar-refractivity contribution in [1.29, 1.82) is 0 Å². The fraction of sp³-hybridized carbons (Fsp3) is 0.955. The van der Waals surface area contributed by atoms with E-state index in [1.165, 1.54) is 32.1 Å². The molecule has 0 N–H and O–H groups in total. The Bertz CT molecular complexity index is 555. The van der Waals surface area contributed by atoms with Gasteiger partial charge in [0.05, 0.1) is 5.41 Å². The fourth-order valence-electron chi connectivity index (χ4n) is 8.42. The lowest BCUT2D eigenvalue weighted by molar-refractivity contribution is -0.200. The lowest BCUT2D eigenvalue weighted by Gasteiger charge is -2.56. The minimum Gasteiger partial charge on any atom is -0.458 e. The Morgan fingerprint density at radius 2 is 1.42 bits per heavy atom. The highest BCUT2D eigenvalue weighted by molar-refractivity contribution is 5.78. The number of hydrogen-bond donors (Lipinski definition) is 0. The minimum atomic E-state index is -0.250. The number of carbonyl (C=O) groups excluding carboxylic acids is 1. The summed E-state index contributed by atoms with van der Waals surface area (Å²) in [5.74, 6) is 3.33. The number of hydrogen-bond acceptors (Lipinski definition) is 2. The zero-order valence-electron chi connectivity index (χ0n) is 16.0. The SMILES string of the molecule is CC1(C)[C@@H]2CC[C@]1(C)[C@](C)(OC(=O)C13CC4CC(CC(C4)C1)C3)C2. The maximum Gasteiger partial charge on any atom is 0.312 e. The van der Waals surface area contributed by atoms with Crippen LogP contribution in [0, 0.1) is 39.9 Å². The number of esters is 1. The molecule has 6 aliphatic carbocycles. The summed E-state index contributed by atoms with van der Waals surface area (Å²) in [4.78, 5) is 13.5. The van der Waals surface area contributed by atoms with E-state index in [1.807, 2.05) is 0 Å². The van der Waals surface area contributed by atoms with Gasteiger partial charge in [0.2, 0.25) is 0 Å². The molecule has 0 heterocycles. The van der Waals surface area contributed by atoms with Gasteiger partial charge in [0.1, 0.15) is 5.60 Å². The average molecular weight is 331 g/mol. The molecule has 6 rings (SSSR count). The van der Waals surface area contributed by atoms with Crippen LogP contribution in [0.15, 0.2) is 0 Å². The summed E-state index contributed by atoms with van der Waals surface area (Å²) in [6, 6.07) is 0. The number of ether oxygens (including phenoxy) is 1. The summed E-state index contributed by atoms with van der Waals surface area (Å²) in [5, 5.41) is 0. The summed E-state index contributed by atoms with van der Waals surface area (Å²) in [6.07, 6.45) is 11.1. The Morgan fingerprint density at radius 1 is 0.875 bits per heavy atom. The normalized spacial score (nSPS) is 56.7. The zero-order valence-corrected chi connectivity index (χ0v) is 16.0. The van der Waals surface area contributed by atoms with E-state index in [0.29, 0.717) is 5.41 Å². The molecule has 0 aromatic rings. The van der Waals surface area contributed by atoms with Crippen LogP contribution in [0.1, 0.15) is 85.5 Å². The van der Waals surface area contributed by atoms with Crippen molar-refractivity contribution in [2.45, 2.75) is 91.1 Å². The van der Waals surface area contributed by atoms with E-state index in [9.17, 15) is 4.79 Å². The van der Waals surface area contributed by atoms with Gasteiger partial charge < -0.3 is 4.74 Å². The molecule has 6 fully saturated rings. The average Bonchev–Trinajstić information content (AvgIpc) is 2.77. The lowest BCUT2D eigenvalue weighted by atomic mass is 9.49. The van der Waals surface area contributed by atoms with Crippen LogP contribution in [-0.4, -0.2) is 11.6 Å². The van der Waals surface area contributed by atoms with Crippen LogP contribution in [0.4, 0.5) is 0 Å².